The summed E-state index contributed by atoms with van der Waals surface area (Å²) in [5.41, 5.74) is 0. The summed E-state index contributed by atoms with van der Waals surface area (Å²) >= 11 is 0.266. The van der Waals surface area contributed by atoms with E-state index in [0.29, 0.717) is 0 Å². The van der Waals surface area contributed by atoms with Crippen LogP contribution in [0.25, 0.3) is 0 Å². The number of aliphatic hydroxyl groups excluding tert-OH is 1. The molecule has 0 saturated carbocycles. The Morgan fingerprint density at radius 3 is 2.59 bits per heavy atom. The van der Waals surface area contributed by atoms with Crippen LogP contribution in [0, 0.1) is 0 Å². The van der Waals surface area contributed by atoms with E-state index in [0.717, 1.165) is 6.42 Å². The summed E-state index contributed by atoms with van der Waals surface area (Å²) in [5.74, 6) is 0. The van der Waals surface area contributed by atoms with Gasteiger partial charge in [0, 0.05) is 0 Å². The molecule has 0 heterocycles. The second-order valence-electron chi connectivity index (χ2n) is 4.19. The van der Waals surface area contributed by atoms with E-state index in [4.69, 9.17) is 0 Å². The van der Waals surface area contributed by atoms with Gasteiger partial charge in [-0.1, -0.05) is 0 Å². The molecule has 1 aromatic carbocycles. The number of benzene rings is 1. The normalized spacial score (nSPS) is 13.7. The Morgan fingerprint density at radius 1 is 1.29 bits per heavy atom. The minimum absolute atomic E-state index is 0.266. The summed E-state index contributed by atoms with van der Waals surface area (Å²) in [5, 5.41) is 9.78. The minimum atomic E-state index is -0.308. The molecule has 1 nitrogen and oxygen atoms in total. The van der Waals surface area contributed by atoms with Crippen LogP contribution in [0.2, 0.25) is 0 Å². The van der Waals surface area contributed by atoms with Crippen molar-refractivity contribution in [1.82, 2.24) is 0 Å². The second-order valence-corrected chi connectivity index (χ2v) is 6.60. The molecule has 0 radical (unpaired) electrons. The number of aliphatic hydroxyl groups is 1. The average molecular weight is 297 g/mol. The van der Waals surface area contributed by atoms with Crippen molar-refractivity contribution in [1.29, 1.82) is 0 Å². The molecule has 1 atom stereocenters. The number of allylic oxidation sites excluding steroid dienone is 1. The molecule has 0 spiro atoms. The summed E-state index contributed by atoms with van der Waals surface area (Å²) in [6.45, 7) is 4.09. The predicted octanol–water partition coefficient (Wildman–Crippen LogP) is 2.86. The summed E-state index contributed by atoms with van der Waals surface area (Å²) in [6.07, 6.45) is 6.80. The molecule has 1 N–H and O–H groups in total. The molecule has 0 aliphatic carbocycles. The van der Waals surface area contributed by atoms with Crippen molar-refractivity contribution < 1.29 is 5.11 Å². The van der Waals surface area contributed by atoms with E-state index in [1.165, 1.54) is 28.2 Å². The fourth-order valence-electron chi connectivity index (χ4n) is 1.56. The molecule has 0 saturated heterocycles. The molecule has 17 heavy (non-hydrogen) atoms. The first-order valence-corrected chi connectivity index (χ1v) is 8.06. The molecule has 1 aromatic rings. The monoisotopic (exact) mass is 298 g/mol. The molecule has 2 heteroatoms. The summed E-state index contributed by atoms with van der Waals surface area (Å²) in [6, 6.07) is 10.4. The van der Waals surface area contributed by atoms with Crippen molar-refractivity contribution in [2.45, 2.75) is 45.6 Å². The van der Waals surface area contributed by atoms with Crippen LogP contribution in [-0.2, 0) is 0 Å². The van der Waals surface area contributed by atoms with Crippen LogP contribution in [0.3, 0.4) is 0 Å². The Kier molecular flexibility index (Phi) is 7.27. The van der Waals surface area contributed by atoms with Crippen molar-refractivity contribution >= 4 is 19.4 Å². The van der Waals surface area contributed by atoms with Gasteiger partial charge < -0.3 is 0 Å². The third kappa shape index (κ3) is 6.07. The van der Waals surface area contributed by atoms with Crippen molar-refractivity contribution in [2.75, 3.05) is 0 Å². The standard InChI is InChI=1S/C15H22OSe/c1-3-4-5-9-12-15(13(2)16)17-14-10-7-6-8-11-14/h6-8,10-13,16H,3-5,9H2,1-2H3/b15-12-. The maximum atomic E-state index is 9.78. The van der Waals surface area contributed by atoms with Crippen molar-refractivity contribution in [3.05, 3.63) is 40.9 Å². The van der Waals surface area contributed by atoms with Gasteiger partial charge >= 0.3 is 111 Å². The second kappa shape index (κ2) is 8.52. The first-order valence-electron chi connectivity index (χ1n) is 6.35. The van der Waals surface area contributed by atoms with Gasteiger partial charge in [0.25, 0.3) is 0 Å². The molecule has 0 bridgehead atoms. The van der Waals surface area contributed by atoms with Crippen LogP contribution < -0.4 is 4.46 Å². The van der Waals surface area contributed by atoms with Crippen LogP contribution in [0.4, 0.5) is 0 Å². The molecule has 0 amide bonds. The van der Waals surface area contributed by atoms with E-state index in [1.54, 1.807) is 0 Å². The third-order valence-electron chi connectivity index (χ3n) is 2.54. The first kappa shape index (κ1) is 14.5. The summed E-state index contributed by atoms with van der Waals surface area (Å²) < 4.78 is 2.54. The molecule has 0 fully saturated rings. The summed E-state index contributed by atoms with van der Waals surface area (Å²) in [4.78, 5) is 0. The zero-order chi connectivity index (χ0) is 12.5. The van der Waals surface area contributed by atoms with Crippen LogP contribution >= 0.6 is 0 Å². The fourth-order valence-corrected chi connectivity index (χ4v) is 3.53. The maximum absolute atomic E-state index is 9.78. The van der Waals surface area contributed by atoms with Gasteiger partial charge in [-0.05, 0) is 0 Å². The quantitative estimate of drug-likeness (QED) is 0.606. The van der Waals surface area contributed by atoms with Gasteiger partial charge in [0.2, 0.25) is 0 Å². The van der Waals surface area contributed by atoms with Gasteiger partial charge in [-0.25, -0.2) is 0 Å². The zero-order valence-electron chi connectivity index (χ0n) is 10.7. The van der Waals surface area contributed by atoms with Gasteiger partial charge in [-0.3, -0.25) is 0 Å². The molecule has 1 rings (SSSR count). The Bertz CT molecular complexity index is 330. The van der Waals surface area contributed by atoms with Gasteiger partial charge in [-0.2, -0.15) is 0 Å². The van der Waals surface area contributed by atoms with E-state index in [1.807, 2.05) is 13.0 Å². The average Bonchev–Trinajstić information content (AvgIpc) is 2.34. The Labute approximate surface area is 111 Å². The van der Waals surface area contributed by atoms with Crippen LogP contribution in [0.15, 0.2) is 40.9 Å². The number of hydrogen-bond donors (Lipinski definition) is 1. The van der Waals surface area contributed by atoms with Crippen LogP contribution in [-0.4, -0.2) is 26.2 Å². The predicted molar refractivity (Wildman–Crippen MR) is 75.7 cm³/mol. The van der Waals surface area contributed by atoms with Gasteiger partial charge in [0.05, 0.1) is 0 Å². The molecular weight excluding hydrogens is 275 g/mol. The van der Waals surface area contributed by atoms with E-state index < -0.39 is 0 Å². The van der Waals surface area contributed by atoms with Gasteiger partial charge in [-0.15, -0.1) is 0 Å². The Balaban J connectivity index is 2.54. The molecule has 94 valence electrons. The molecule has 0 aromatic heterocycles. The fraction of sp³-hybridized carbons (Fsp3) is 0.467. The molecule has 0 aliphatic heterocycles. The zero-order valence-corrected chi connectivity index (χ0v) is 12.4. The van der Waals surface area contributed by atoms with Gasteiger partial charge in [0.15, 0.2) is 0 Å². The van der Waals surface area contributed by atoms with Gasteiger partial charge in [0.1, 0.15) is 0 Å². The SMILES string of the molecule is CCCCC/C=C(\[Se]c1ccccc1)C(C)O. The van der Waals surface area contributed by atoms with Crippen LogP contribution in [0.1, 0.15) is 39.5 Å². The van der Waals surface area contributed by atoms with E-state index in [2.05, 4.69) is 37.3 Å². The number of unbranched alkanes of at least 4 members (excludes halogenated alkanes) is 3. The first-order chi connectivity index (χ1) is 8.24. The Morgan fingerprint density at radius 2 is 2.00 bits per heavy atom. The molecular formula is C15H22OSe. The Hall–Kier alpha value is -0.561. The van der Waals surface area contributed by atoms with Crippen molar-refractivity contribution in [3.8, 4) is 0 Å². The number of rotatable bonds is 7. The van der Waals surface area contributed by atoms with Crippen molar-refractivity contribution in [2.24, 2.45) is 0 Å². The van der Waals surface area contributed by atoms with E-state index >= 15 is 0 Å². The number of hydrogen-bond acceptors (Lipinski definition) is 1. The van der Waals surface area contributed by atoms with Crippen LogP contribution in [0.5, 0.6) is 0 Å². The van der Waals surface area contributed by atoms with Crippen molar-refractivity contribution in [3.63, 3.8) is 0 Å². The summed E-state index contributed by atoms with van der Waals surface area (Å²) in [7, 11) is 0. The topological polar surface area (TPSA) is 20.2 Å². The molecule has 1 unspecified atom stereocenters. The molecule has 0 aliphatic rings. The van der Waals surface area contributed by atoms with E-state index in [-0.39, 0.29) is 21.1 Å². The van der Waals surface area contributed by atoms with E-state index in [9.17, 15) is 5.11 Å². The third-order valence-corrected chi connectivity index (χ3v) is 5.17.